The van der Waals surface area contributed by atoms with Crippen LogP contribution in [0.2, 0.25) is 0 Å². The van der Waals surface area contributed by atoms with E-state index < -0.39 is 5.91 Å². The van der Waals surface area contributed by atoms with Crippen molar-refractivity contribution in [1.82, 2.24) is 4.57 Å². The molecule has 5 rings (SSSR count). The number of halogens is 1. The van der Waals surface area contributed by atoms with E-state index in [1.165, 1.54) is 22.9 Å². The predicted molar refractivity (Wildman–Crippen MR) is 111 cm³/mol. The van der Waals surface area contributed by atoms with Crippen LogP contribution < -0.4 is 5.73 Å². The van der Waals surface area contributed by atoms with Crippen LogP contribution >= 0.6 is 0 Å². The fourth-order valence-electron chi connectivity index (χ4n) is 4.02. The Morgan fingerprint density at radius 3 is 2.50 bits per heavy atom. The van der Waals surface area contributed by atoms with E-state index in [1.807, 2.05) is 24.3 Å². The minimum atomic E-state index is -0.514. The quantitative estimate of drug-likeness (QED) is 0.465. The number of carbonyl (C=O) groups is 1. The lowest BCUT2D eigenvalue weighted by atomic mass is 10.1. The molecule has 0 aliphatic heterocycles. The molecule has 0 radical (unpaired) electrons. The molecule has 0 aliphatic rings. The Labute approximate surface area is 160 Å². The maximum absolute atomic E-state index is 14.0. The molecule has 0 aliphatic carbocycles. The van der Waals surface area contributed by atoms with E-state index in [4.69, 9.17) is 5.73 Å². The molecule has 2 N–H and O–H groups in total. The third-order valence-corrected chi connectivity index (χ3v) is 5.27. The smallest absolute Gasteiger partial charge is 0.249 e. The summed E-state index contributed by atoms with van der Waals surface area (Å²) in [7, 11) is 0. The molecule has 0 saturated carbocycles. The number of hydrogen-bond acceptors (Lipinski definition) is 1. The van der Waals surface area contributed by atoms with Gasteiger partial charge in [-0.2, -0.15) is 0 Å². The third kappa shape index (κ3) is 2.54. The zero-order chi connectivity index (χ0) is 19.3. The van der Waals surface area contributed by atoms with Crippen molar-refractivity contribution in [3.63, 3.8) is 0 Å². The molecule has 0 fully saturated rings. The number of nitrogens with two attached hydrogens (primary N) is 1. The van der Waals surface area contributed by atoms with E-state index in [9.17, 15) is 9.18 Å². The first-order valence-corrected chi connectivity index (χ1v) is 9.10. The Hall–Kier alpha value is -3.66. The van der Waals surface area contributed by atoms with Gasteiger partial charge in [-0.15, -0.1) is 0 Å². The van der Waals surface area contributed by atoms with E-state index in [0.29, 0.717) is 22.9 Å². The summed E-state index contributed by atoms with van der Waals surface area (Å²) in [6.45, 7) is 0.610. The number of fused-ring (bicyclic) bond motifs is 4. The highest BCUT2D eigenvalue weighted by Gasteiger charge is 2.17. The zero-order valence-corrected chi connectivity index (χ0v) is 15.0. The summed E-state index contributed by atoms with van der Waals surface area (Å²) in [6.07, 6.45) is 0. The molecule has 4 heteroatoms. The average molecular weight is 368 g/mol. The molecule has 0 saturated heterocycles. The molecule has 1 amide bonds. The molecule has 0 atom stereocenters. The first kappa shape index (κ1) is 16.5. The third-order valence-electron chi connectivity index (χ3n) is 5.27. The second kappa shape index (κ2) is 6.20. The van der Waals surface area contributed by atoms with Crippen LogP contribution in [0.1, 0.15) is 15.9 Å². The lowest BCUT2D eigenvalue weighted by Crippen LogP contribution is -2.11. The molecule has 1 heterocycles. The van der Waals surface area contributed by atoms with Crippen molar-refractivity contribution < 1.29 is 9.18 Å². The van der Waals surface area contributed by atoms with E-state index in [-0.39, 0.29) is 5.82 Å². The number of aromatic nitrogens is 1. The molecular weight excluding hydrogens is 351 g/mol. The summed E-state index contributed by atoms with van der Waals surface area (Å²) < 4.78 is 16.1. The van der Waals surface area contributed by atoms with Crippen LogP contribution in [0, 0.1) is 5.82 Å². The Morgan fingerprint density at radius 2 is 1.68 bits per heavy atom. The van der Waals surface area contributed by atoms with Crippen LogP contribution in [0.4, 0.5) is 4.39 Å². The summed E-state index contributed by atoms with van der Waals surface area (Å²) in [5, 5.41) is 3.76. The second-order valence-corrected chi connectivity index (χ2v) is 6.99. The van der Waals surface area contributed by atoms with Crippen LogP contribution in [0.5, 0.6) is 0 Å². The Kier molecular flexibility index (Phi) is 3.66. The monoisotopic (exact) mass is 368 g/mol. The highest BCUT2D eigenvalue weighted by atomic mass is 19.1. The molecule has 0 unspecified atom stereocenters. The van der Waals surface area contributed by atoms with Crippen molar-refractivity contribution in [1.29, 1.82) is 0 Å². The van der Waals surface area contributed by atoms with Gasteiger partial charge in [-0.3, -0.25) is 4.79 Å². The highest BCUT2D eigenvalue weighted by Crippen LogP contribution is 2.33. The van der Waals surface area contributed by atoms with Gasteiger partial charge in [0.05, 0.1) is 5.52 Å². The van der Waals surface area contributed by atoms with Gasteiger partial charge in [-0.05, 0) is 52.7 Å². The van der Waals surface area contributed by atoms with Gasteiger partial charge in [0.1, 0.15) is 5.82 Å². The molecule has 28 heavy (non-hydrogen) atoms. The first-order chi connectivity index (χ1) is 13.6. The summed E-state index contributed by atoms with van der Waals surface area (Å²) in [6, 6.07) is 24.7. The van der Waals surface area contributed by atoms with E-state index in [0.717, 1.165) is 16.6 Å². The number of rotatable bonds is 3. The molecule has 0 bridgehead atoms. The van der Waals surface area contributed by atoms with E-state index >= 15 is 0 Å². The lowest BCUT2D eigenvalue weighted by Gasteiger charge is -2.09. The van der Waals surface area contributed by atoms with Crippen molar-refractivity contribution in [3.05, 3.63) is 95.8 Å². The maximum Gasteiger partial charge on any atom is 0.249 e. The number of amides is 1. The predicted octanol–water partition coefficient (Wildman–Crippen LogP) is 5.23. The topological polar surface area (TPSA) is 48.0 Å². The number of benzene rings is 4. The zero-order valence-electron chi connectivity index (χ0n) is 15.0. The molecule has 136 valence electrons. The minimum absolute atomic E-state index is 0.337. The van der Waals surface area contributed by atoms with Crippen molar-refractivity contribution in [3.8, 4) is 0 Å². The van der Waals surface area contributed by atoms with Crippen molar-refractivity contribution in [2.75, 3.05) is 0 Å². The summed E-state index contributed by atoms with van der Waals surface area (Å²) in [5.74, 6) is -0.851. The molecule has 4 aromatic carbocycles. The molecule has 0 spiro atoms. The Bertz CT molecular complexity index is 1380. The van der Waals surface area contributed by atoms with Gasteiger partial charge in [-0.25, -0.2) is 4.39 Å². The van der Waals surface area contributed by atoms with Gasteiger partial charge in [0.15, 0.2) is 0 Å². The maximum atomic E-state index is 14.0. The SMILES string of the molecule is NC(=O)c1cccc2c1c1cc(F)ccc1n2Cc1ccc2ccccc2c1. The van der Waals surface area contributed by atoms with Crippen LogP contribution in [-0.4, -0.2) is 10.5 Å². The first-order valence-electron chi connectivity index (χ1n) is 9.10. The van der Waals surface area contributed by atoms with Crippen molar-refractivity contribution in [2.45, 2.75) is 6.54 Å². The standard InChI is InChI=1S/C24H17FN2O/c25-18-10-11-21-20(13-18)23-19(24(26)28)6-3-7-22(23)27(21)14-15-8-9-16-4-1-2-5-17(16)12-15/h1-13H,14H2,(H2,26,28). The largest absolute Gasteiger partial charge is 0.366 e. The molecule has 1 aromatic heterocycles. The Morgan fingerprint density at radius 1 is 0.857 bits per heavy atom. The van der Waals surface area contributed by atoms with Crippen LogP contribution in [0.25, 0.3) is 32.6 Å². The number of carbonyl (C=O) groups excluding carboxylic acids is 1. The second-order valence-electron chi connectivity index (χ2n) is 6.99. The average Bonchev–Trinajstić information content (AvgIpc) is 3.01. The molecule has 3 nitrogen and oxygen atoms in total. The minimum Gasteiger partial charge on any atom is -0.366 e. The summed E-state index contributed by atoms with van der Waals surface area (Å²) >= 11 is 0. The summed E-state index contributed by atoms with van der Waals surface area (Å²) in [4.78, 5) is 12.0. The van der Waals surface area contributed by atoms with Crippen molar-refractivity contribution in [2.24, 2.45) is 5.73 Å². The van der Waals surface area contributed by atoms with Gasteiger partial charge < -0.3 is 10.3 Å². The molecule has 5 aromatic rings. The van der Waals surface area contributed by atoms with Crippen LogP contribution in [-0.2, 0) is 6.54 Å². The fourth-order valence-corrected chi connectivity index (χ4v) is 4.02. The summed E-state index contributed by atoms with van der Waals surface area (Å²) in [5.41, 5.74) is 8.87. The lowest BCUT2D eigenvalue weighted by molar-refractivity contribution is 0.100. The van der Waals surface area contributed by atoms with Gasteiger partial charge in [0.2, 0.25) is 5.91 Å². The van der Waals surface area contributed by atoms with E-state index in [1.54, 1.807) is 12.1 Å². The van der Waals surface area contributed by atoms with Gasteiger partial charge in [0, 0.05) is 28.4 Å². The van der Waals surface area contributed by atoms with Crippen molar-refractivity contribution >= 4 is 38.5 Å². The van der Waals surface area contributed by atoms with E-state index in [2.05, 4.69) is 34.9 Å². The number of hydrogen-bond donors (Lipinski definition) is 1. The number of primary amides is 1. The normalized spacial score (nSPS) is 11.5. The van der Waals surface area contributed by atoms with Gasteiger partial charge >= 0.3 is 0 Å². The fraction of sp³-hybridized carbons (Fsp3) is 0.0417. The molecular formula is C24H17FN2O. The van der Waals surface area contributed by atoms with Crippen LogP contribution in [0.3, 0.4) is 0 Å². The Balaban J connectivity index is 1.77. The van der Waals surface area contributed by atoms with Gasteiger partial charge in [0.25, 0.3) is 0 Å². The highest BCUT2D eigenvalue weighted by molar-refractivity contribution is 6.17. The number of nitrogens with zero attached hydrogens (tertiary/aromatic N) is 1. The van der Waals surface area contributed by atoms with Gasteiger partial charge in [-0.1, -0.05) is 42.5 Å². The van der Waals surface area contributed by atoms with Crippen LogP contribution in [0.15, 0.2) is 78.9 Å².